The molecule has 48 heavy (non-hydrogen) atoms. The molecule has 13 heteroatoms. The number of fused-ring (bicyclic) bond motifs is 3. The number of hydrogen-bond donors (Lipinski definition) is 3. The fourth-order valence-corrected chi connectivity index (χ4v) is 7.72. The molecule has 8 rings (SSSR count). The topological polar surface area (TPSA) is 106 Å². The van der Waals surface area contributed by atoms with Crippen molar-refractivity contribution in [3.05, 3.63) is 47.4 Å². The summed E-state index contributed by atoms with van der Waals surface area (Å²) in [7, 11) is 0. The minimum absolute atomic E-state index is 0.0643. The fraction of sp³-hybridized carbons (Fsp3) is 0.543. The van der Waals surface area contributed by atoms with Gasteiger partial charge in [0.05, 0.1) is 40.1 Å². The Labute approximate surface area is 274 Å². The molecule has 2 aliphatic heterocycles. The van der Waals surface area contributed by atoms with Crippen molar-refractivity contribution in [2.75, 3.05) is 13.1 Å². The standard InChI is InChI=1S/C35H39F4N7O2/c1-17-25-7-6-19-12-30(45(32(19)42-25)10-4-2-3-5-18-11-20(18)34(47)41-17)33-43-26-13-21(35(48)44-27-16-40-9-8-23(27)36)24(37)15-29(26)46(33)28-14-22(28)31(38)39/h6-7,12-13,15,17-18,20,22-23,27-28,31,40H,2-5,8-11,14,16H2,1H3,(H,41,47)(H,44,48)/t17-,18-,20-,22+,23+,27+,28?/m1/s1. The molecule has 1 aromatic carbocycles. The first-order chi connectivity index (χ1) is 23.2. The lowest BCUT2D eigenvalue weighted by molar-refractivity contribution is -0.123. The van der Waals surface area contributed by atoms with Gasteiger partial charge in [-0.05, 0) is 75.8 Å². The Morgan fingerprint density at radius 1 is 1.08 bits per heavy atom. The minimum atomic E-state index is -2.55. The third-order valence-corrected chi connectivity index (χ3v) is 10.7. The average Bonchev–Trinajstić information content (AvgIpc) is 3.96. The highest BCUT2D eigenvalue weighted by Gasteiger charge is 2.47. The van der Waals surface area contributed by atoms with E-state index in [4.69, 9.17) is 9.97 Å². The van der Waals surface area contributed by atoms with Crippen LogP contribution in [0.15, 0.2) is 30.3 Å². The Hall–Kier alpha value is -4.00. The number of piperidine rings is 1. The van der Waals surface area contributed by atoms with Gasteiger partial charge in [0.15, 0.2) is 5.82 Å². The normalized spacial score (nSPS) is 29.1. The van der Waals surface area contributed by atoms with Crippen molar-refractivity contribution in [3.8, 4) is 11.5 Å². The number of benzene rings is 1. The number of carbonyl (C=O) groups excluding carboxylic acids is 2. The van der Waals surface area contributed by atoms with Crippen molar-refractivity contribution < 1.29 is 27.2 Å². The van der Waals surface area contributed by atoms with Gasteiger partial charge in [0, 0.05) is 42.4 Å². The maximum absolute atomic E-state index is 15.7. The summed E-state index contributed by atoms with van der Waals surface area (Å²) in [6, 6.07) is 6.59. The Balaban J connectivity index is 1.22. The van der Waals surface area contributed by atoms with Crippen molar-refractivity contribution in [1.29, 1.82) is 0 Å². The zero-order valence-corrected chi connectivity index (χ0v) is 26.7. The molecule has 1 unspecified atom stereocenters. The van der Waals surface area contributed by atoms with Crippen molar-refractivity contribution >= 4 is 33.9 Å². The molecular formula is C35H39F4N7O2. The van der Waals surface area contributed by atoms with Gasteiger partial charge < -0.3 is 25.1 Å². The van der Waals surface area contributed by atoms with Crippen LogP contribution in [0.25, 0.3) is 33.6 Å². The van der Waals surface area contributed by atoms with E-state index in [2.05, 4.69) is 20.5 Å². The third-order valence-electron chi connectivity index (χ3n) is 10.7. The first-order valence-corrected chi connectivity index (χ1v) is 17.1. The molecule has 3 fully saturated rings. The van der Waals surface area contributed by atoms with Crippen LogP contribution in [0.4, 0.5) is 17.6 Å². The van der Waals surface area contributed by atoms with E-state index in [1.165, 1.54) is 12.1 Å². The van der Waals surface area contributed by atoms with Crippen LogP contribution in [0.5, 0.6) is 0 Å². The molecule has 1 saturated heterocycles. The molecule has 4 aliphatic rings. The van der Waals surface area contributed by atoms with Crippen LogP contribution in [0, 0.1) is 23.6 Å². The van der Waals surface area contributed by atoms with Crippen LogP contribution >= 0.6 is 0 Å². The second-order valence-electron chi connectivity index (χ2n) is 14.0. The summed E-state index contributed by atoms with van der Waals surface area (Å²) in [5.74, 6) is -1.54. The van der Waals surface area contributed by atoms with E-state index in [-0.39, 0.29) is 48.3 Å². The van der Waals surface area contributed by atoms with E-state index in [9.17, 15) is 22.8 Å². The van der Waals surface area contributed by atoms with Gasteiger partial charge in [0.25, 0.3) is 5.91 Å². The summed E-state index contributed by atoms with van der Waals surface area (Å²) in [5, 5.41) is 9.60. The number of amides is 2. The first kappa shape index (κ1) is 31.3. The molecule has 3 aromatic heterocycles. The summed E-state index contributed by atoms with van der Waals surface area (Å²) in [6.07, 6.45) is 1.37. The summed E-state index contributed by atoms with van der Waals surface area (Å²) in [5.41, 5.74) is 2.40. The highest BCUT2D eigenvalue weighted by molar-refractivity contribution is 5.98. The number of carbonyl (C=O) groups is 2. The molecule has 5 heterocycles. The smallest absolute Gasteiger partial charge is 0.254 e. The van der Waals surface area contributed by atoms with Gasteiger partial charge in [-0.2, -0.15) is 0 Å². The summed E-state index contributed by atoms with van der Waals surface area (Å²) in [4.78, 5) is 35.9. The number of alkyl halides is 3. The van der Waals surface area contributed by atoms with Crippen LogP contribution in [-0.2, 0) is 11.3 Å². The summed E-state index contributed by atoms with van der Waals surface area (Å²) >= 11 is 0. The van der Waals surface area contributed by atoms with Gasteiger partial charge in [-0.15, -0.1) is 0 Å². The Kier molecular flexibility index (Phi) is 7.92. The van der Waals surface area contributed by atoms with Crippen molar-refractivity contribution in [3.63, 3.8) is 0 Å². The van der Waals surface area contributed by atoms with E-state index >= 15 is 4.39 Å². The van der Waals surface area contributed by atoms with E-state index < -0.39 is 42.3 Å². The van der Waals surface area contributed by atoms with Gasteiger partial charge >= 0.3 is 0 Å². The lowest BCUT2D eigenvalue weighted by atomic mass is 10.0. The largest absolute Gasteiger partial charge is 0.348 e. The van der Waals surface area contributed by atoms with Crippen LogP contribution in [0.2, 0.25) is 0 Å². The number of aromatic nitrogens is 4. The molecule has 9 nitrogen and oxygen atoms in total. The molecule has 254 valence electrons. The SMILES string of the molecule is C[C@H]1NC(=O)[C@@H]2C[C@H]2CCCCCn2c(-c3nc4cc(C(=O)N[C@H]5CNCC[C@@H]5F)c(F)cc4n3C3C[C@@H]3C(F)F)cc3ccc1nc32. The van der Waals surface area contributed by atoms with Crippen LogP contribution < -0.4 is 16.0 Å². The molecule has 2 amide bonds. The van der Waals surface area contributed by atoms with E-state index in [0.29, 0.717) is 47.4 Å². The zero-order valence-electron chi connectivity index (χ0n) is 26.7. The number of rotatable bonds is 5. The maximum Gasteiger partial charge on any atom is 0.254 e. The second kappa shape index (κ2) is 12.2. The maximum atomic E-state index is 15.7. The lowest BCUT2D eigenvalue weighted by Crippen LogP contribution is -2.52. The molecule has 7 atom stereocenters. The lowest BCUT2D eigenvalue weighted by Gasteiger charge is -2.27. The van der Waals surface area contributed by atoms with Crippen molar-refractivity contribution in [1.82, 2.24) is 35.1 Å². The Morgan fingerprint density at radius 2 is 1.94 bits per heavy atom. The van der Waals surface area contributed by atoms with Gasteiger partial charge in [-0.25, -0.2) is 27.5 Å². The average molecular weight is 666 g/mol. The minimum Gasteiger partial charge on any atom is -0.348 e. The predicted molar refractivity (Wildman–Crippen MR) is 172 cm³/mol. The van der Waals surface area contributed by atoms with Crippen LogP contribution in [0.1, 0.15) is 80.0 Å². The van der Waals surface area contributed by atoms with E-state index in [1.54, 1.807) is 4.57 Å². The number of hydrogen-bond acceptors (Lipinski definition) is 5. The number of aryl methyl sites for hydroxylation is 1. The van der Waals surface area contributed by atoms with E-state index in [1.807, 2.05) is 25.1 Å². The van der Waals surface area contributed by atoms with Gasteiger partial charge in [0.2, 0.25) is 12.3 Å². The van der Waals surface area contributed by atoms with E-state index in [0.717, 1.165) is 37.5 Å². The van der Waals surface area contributed by atoms with Gasteiger partial charge in [0.1, 0.15) is 17.6 Å². The monoisotopic (exact) mass is 665 g/mol. The highest BCUT2D eigenvalue weighted by atomic mass is 19.3. The molecule has 3 N–H and O–H groups in total. The Morgan fingerprint density at radius 3 is 2.73 bits per heavy atom. The zero-order chi connectivity index (χ0) is 33.3. The molecule has 2 aliphatic carbocycles. The highest BCUT2D eigenvalue weighted by Crippen LogP contribution is 2.51. The summed E-state index contributed by atoms with van der Waals surface area (Å²) < 4.78 is 61.9. The number of halogens is 4. The fourth-order valence-electron chi connectivity index (χ4n) is 7.72. The third kappa shape index (κ3) is 5.63. The summed E-state index contributed by atoms with van der Waals surface area (Å²) in [6.45, 7) is 3.26. The molecule has 2 bridgehead atoms. The predicted octanol–water partition coefficient (Wildman–Crippen LogP) is 5.84. The molecule has 2 saturated carbocycles. The number of nitrogens with zero attached hydrogens (tertiary/aromatic N) is 4. The number of pyridine rings is 1. The molecule has 0 spiro atoms. The van der Waals surface area contributed by atoms with Crippen LogP contribution in [0.3, 0.4) is 0 Å². The van der Waals surface area contributed by atoms with Gasteiger partial charge in [-0.3, -0.25) is 9.59 Å². The van der Waals surface area contributed by atoms with Crippen molar-refractivity contribution in [2.45, 2.75) is 89.1 Å². The molecular weight excluding hydrogens is 626 g/mol. The molecule has 4 aromatic rings. The van der Waals surface area contributed by atoms with Crippen LogP contribution in [-0.4, -0.2) is 62.6 Å². The number of imidazole rings is 1. The first-order valence-electron chi connectivity index (χ1n) is 17.1. The van der Waals surface area contributed by atoms with Gasteiger partial charge in [-0.1, -0.05) is 12.8 Å². The Bertz CT molecular complexity index is 1910. The quantitative estimate of drug-likeness (QED) is 0.233. The molecule has 0 radical (unpaired) electrons. The number of nitrogens with one attached hydrogen (secondary N) is 3. The van der Waals surface area contributed by atoms with Crippen molar-refractivity contribution in [2.24, 2.45) is 17.8 Å². The second-order valence-corrected chi connectivity index (χ2v) is 14.0.